The summed E-state index contributed by atoms with van der Waals surface area (Å²) in [6.07, 6.45) is 3.52. The predicted molar refractivity (Wildman–Crippen MR) is 63.2 cm³/mol. The van der Waals surface area contributed by atoms with Crippen LogP contribution in [0, 0.1) is 6.92 Å². The van der Waals surface area contributed by atoms with E-state index in [1.54, 1.807) is 11.3 Å². The SMILES string of the molecule is CCCCC(N)c1sc(C)cc1Br. The summed E-state index contributed by atoms with van der Waals surface area (Å²) in [5.74, 6) is 0. The molecule has 1 rings (SSSR count). The molecular formula is C10H16BrNS. The van der Waals surface area contributed by atoms with Crippen LogP contribution in [0.25, 0.3) is 0 Å². The first-order chi connectivity index (χ1) is 6.15. The Morgan fingerprint density at radius 1 is 1.62 bits per heavy atom. The van der Waals surface area contributed by atoms with Gasteiger partial charge >= 0.3 is 0 Å². The maximum absolute atomic E-state index is 6.08. The zero-order valence-electron chi connectivity index (χ0n) is 8.14. The summed E-state index contributed by atoms with van der Waals surface area (Å²) in [5.41, 5.74) is 6.08. The van der Waals surface area contributed by atoms with Crippen molar-refractivity contribution in [1.82, 2.24) is 0 Å². The van der Waals surface area contributed by atoms with Crippen LogP contribution in [0.3, 0.4) is 0 Å². The standard InChI is InChI=1S/C10H16BrNS/c1-3-4-5-9(12)10-8(11)6-7(2)13-10/h6,9H,3-5,12H2,1-2H3. The van der Waals surface area contributed by atoms with E-state index >= 15 is 0 Å². The zero-order chi connectivity index (χ0) is 9.84. The van der Waals surface area contributed by atoms with E-state index in [1.165, 1.54) is 27.1 Å². The van der Waals surface area contributed by atoms with Crippen LogP contribution in [-0.2, 0) is 0 Å². The number of thiophene rings is 1. The Bertz CT molecular complexity index is 270. The summed E-state index contributed by atoms with van der Waals surface area (Å²) in [6, 6.07) is 2.36. The molecule has 0 saturated heterocycles. The fourth-order valence-electron chi connectivity index (χ4n) is 1.31. The Balaban J connectivity index is 2.64. The number of hydrogen-bond acceptors (Lipinski definition) is 2. The van der Waals surface area contributed by atoms with Gasteiger partial charge in [0.05, 0.1) is 0 Å². The van der Waals surface area contributed by atoms with Crippen LogP contribution in [0.2, 0.25) is 0 Å². The normalized spacial score (nSPS) is 13.2. The maximum Gasteiger partial charge on any atom is 0.0401 e. The molecule has 3 heteroatoms. The number of unbranched alkanes of at least 4 members (excludes halogenated alkanes) is 1. The van der Waals surface area contributed by atoms with Gasteiger partial charge < -0.3 is 5.73 Å². The first-order valence-corrected chi connectivity index (χ1v) is 6.27. The summed E-state index contributed by atoms with van der Waals surface area (Å²) in [7, 11) is 0. The minimum absolute atomic E-state index is 0.216. The van der Waals surface area contributed by atoms with Crippen LogP contribution >= 0.6 is 27.3 Å². The molecule has 2 N–H and O–H groups in total. The fourth-order valence-corrected chi connectivity index (χ4v) is 3.29. The average molecular weight is 262 g/mol. The first kappa shape index (κ1) is 11.2. The molecule has 0 fully saturated rings. The second kappa shape index (κ2) is 5.13. The van der Waals surface area contributed by atoms with Crippen LogP contribution in [0.15, 0.2) is 10.5 Å². The van der Waals surface area contributed by atoms with Gasteiger partial charge in [0, 0.05) is 20.3 Å². The van der Waals surface area contributed by atoms with Crippen molar-refractivity contribution in [3.05, 3.63) is 20.3 Å². The molecule has 0 amide bonds. The lowest BCUT2D eigenvalue weighted by Gasteiger charge is -2.08. The summed E-state index contributed by atoms with van der Waals surface area (Å²) in [4.78, 5) is 2.62. The van der Waals surface area contributed by atoms with E-state index in [9.17, 15) is 0 Å². The minimum atomic E-state index is 0.216. The van der Waals surface area contributed by atoms with Gasteiger partial charge in [0.2, 0.25) is 0 Å². The van der Waals surface area contributed by atoms with E-state index in [0.29, 0.717) is 0 Å². The molecule has 1 aromatic rings. The molecule has 0 aliphatic rings. The van der Waals surface area contributed by atoms with Gasteiger partial charge in [0.25, 0.3) is 0 Å². The van der Waals surface area contributed by atoms with Gasteiger partial charge in [0.1, 0.15) is 0 Å². The summed E-state index contributed by atoms with van der Waals surface area (Å²) in [5, 5.41) is 0. The average Bonchev–Trinajstić information content (AvgIpc) is 2.41. The van der Waals surface area contributed by atoms with Crippen LogP contribution in [-0.4, -0.2) is 0 Å². The molecule has 1 atom stereocenters. The van der Waals surface area contributed by atoms with Gasteiger partial charge in [-0.25, -0.2) is 0 Å². The summed E-state index contributed by atoms with van der Waals surface area (Å²) >= 11 is 5.34. The van der Waals surface area contributed by atoms with Crippen molar-refractivity contribution in [2.75, 3.05) is 0 Å². The van der Waals surface area contributed by atoms with E-state index in [0.717, 1.165) is 6.42 Å². The largest absolute Gasteiger partial charge is 0.323 e. The number of rotatable bonds is 4. The Hall–Kier alpha value is 0.140. The van der Waals surface area contributed by atoms with Crippen LogP contribution in [0.1, 0.15) is 42.0 Å². The van der Waals surface area contributed by atoms with Crippen molar-refractivity contribution in [1.29, 1.82) is 0 Å². The van der Waals surface area contributed by atoms with Gasteiger partial charge in [-0.2, -0.15) is 0 Å². The van der Waals surface area contributed by atoms with Gasteiger partial charge in [-0.15, -0.1) is 11.3 Å². The van der Waals surface area contributed by atoms with E-state index in [4.69, 9.17) is 5.73 Å². The van der Waals surface area contributed by atoms with Gasteiger partial charge in [-0.1, -0.05) is 19.8 Å². The second-order valence-electron chi connectivity index (χ2n) is 3.32. The highest BCUT2D eigenvalue weighted by Crippen LogP contribution is 2.32. The number of aryl methyl sites for hydroxylation is 1. The monoisotopic (exact) mass is 261 g/mol. The van der Waals surface area contributed by atoms with Gasteiger partial charge in [-0.05, 0) is 35.3 Å². The zero-order valence-corrected chi connectivity index (χ0v) is 10.5. The minimum Gasteiger partial charge on any atom is -0.323 e. The van der Waals surface area contributed by atoms with Gasteiger partial charge in [-0.3, -0.25) is 0 Å². The highest BCUT2D eigenvalue weighted by Gasteiger charge is 2.11. The van der Waals surface area contributed by atoms with Crippen molar-refractivity contribution < 1.29 is 0 Å². The molecule has 1 unspecified atom stereocenters. The maximum atomic E-state index is 6.08. The highest BCUT2D eigenvalue weighted by atomic mass is 79.9. The third-order valence-electron chi connectivity index (χ3n) is 2.04. The second-order valence-corrected chi connectivity index (χ2v) is 5.46. The number of nitrogens with two attached hydrogens (primary N) is 1. The molecule has 1 aromatic heterocycles. The fraction of sp³-hybridized carbons (Fsp3) is 0.600. The van der Waals surface area contributed by atoms with E-state index in [-0.39, 0.29) is 6.04 Å². The quantitative estimate of drug-likeness (QED) is 0.871. The molecule has 0 aliphatic carbocycles. The Morgan fingerprint density at radius 2 is 2.31 bits per heavy atom. The molecule has 0 aromatic carbocycles. The third kappa shape index (κ3) is 3.08. The predicted octanol–water partition coefficient (Wildman–Crippen LogP) is 4.01. The van der Waals surface area contributed by atoms with Crippen LogP contribution in [0.4, 0.5) is 0 Å². The van der Waals surface area contributed by atoms with Crippen molar-refractivity contribution >= 4 is 27.3 Å². The topological polar surface area (TPSA) is 26.0 Å². The molecule has 1 heterocycles. The van der Waals surface area contributed by atoms with Crippen LogP contribution in [0.5, 0.6) is 0 Å². The van der Waals surface area contributed by atoms with E-state index in [1.807, 2.05) is 0 Å². The molecule has 0 aliphatic heterocycles. The van der Waals surface area contributed by atoms with Crippen molar-refractivity contribution in [2.45, 2.75) is 39.2 Å². The molecule has 0 radical (unpaired) electrons. The van der Waals surface area contributed by atoms with E-state index < -0.39 is 0 Å². The number of halogens is 1. The van der Waals surface area contributed by atoms with Crippen molar-refractivity contribution in [3.8, 4) is 0 Å². The lowest BCUT2D eigenvalue weighted by Crippen LogP contribution is -2.08. The van der Waals surface area contributed by atoms with Crippen LogP contribution < -0.4 is 5.73 Å². The lowest BCUT2D eigenvalue weighted by molar-refractivity contribution is 0.610. The van der Waals surface area contributed by atoms with Crippen molar-refractivity contribution in [3.63, 3.8) is 0 Å². The molecule has 1 nitrogen and oxygen atoms in total. The highest BCUT2D eigenvalue weighted by molar-refractivity contribution is 9.10. The molecule has 0 spiro atoms. The number of hydrogen-bond donors (Lipinski definition) is 1. The molecule has 74 valence electrons. The molecule has 0 bridgehead atoms. The van der Waals surface area contributed by atoms with Crippen molar-refractivity contribution in [2.24, 2.45) is 5.73 Å². The third-order valence-corrected chi connectivity index (χ3v) is 4.14. The summed E-state index contributed by atoms with van der Waals surface area (Å²) in [6.45, 7) is 4.31. The molecule has 0 saturated carbocycles. The lowest BCUT2D eigenvalue weighted by atomic mass is 10.1. The molecular weight excluding hydrogens is 246 g/mol. The summed E-state index contributed by atoms with van der Waals surface area (Å²) < 4.78 is 1.18. The van der Waals surface area contributed by atoms with Gasteiger partial charge in [0.15, 0.2) is 0 Å². The Kier molecular flexibility index (Phi) is 4.42. The Morgan fingerprint density at radius 3 is 2.77 bits per heavy atom. The first-order valence-electron chi connectivity index (χ1n) is 4.66. The smallest absolute Gasteiger partial charge is 0.0401 e. The van der Waals surface area contributed by atoms with E-state index in [2.05, 4.69) is 35.8 Å². The Labute approximate surface area is 92.5 Å². The molecule has 13 heavy (non-hydrogen) atoms.